The van der Waals surface area contributed by atoms with Gasteiger partial charge in [0.1, 0.15) is 10.9 Å². The van der Waals surface area contributed by atoms with E-state index in [-0.39, 0.29) is 10.2 Å². The average molecular weight is 448 g/mol. The largest absolute Gasteiger partial charge is 0.480 e. The van der Waals surface area contributed by atoms with Crippen molar-refractivity contribution in [1.82, 2.24) is 9.88 Å². The zero-order valence-corrected chi connectivity index (χ0v) is 18.3. The lowest BCUT2D eigenvalue weighted by Crippen LogP contribution is -2.33. The van der Waals surface area contributed by atoms with E-state index in [2.05, 4.69) is 4.98 Å². The van der Waals surface area contributed by atoms with Gasteiger partial charge in [-0.15, -0.1) is 11.3 Å². The Morgan fingerprint density at radius 1 is 1.34 bits per heavy atom. The summed E-state index contributed by atoms with van der Waals surface area (Å²) >= 11 is 7.41. The van der Waals surface area contributed by atoms with Gasteiger partial charge in [-0.25, -0.2) is 4.98 Å². The molecule has 7 nitrogen and oxygen atoms in total. The van der Waals surface area contributed by atoms with Crippen molar-refractivity contribution in [3.8, 4) is 0 Å². The number of amides is 2. The van der Waals surface area contributed by atoms with Gasteiger partial charge in [-0.2, -0.15) is 0 Å². The quantitative estimate of drug-likeness (QED) is 0.552. The second kappa shape index (κ2) is 8.44. The van der Waals surface area contributed by atoms with Crippen molar-refractivity contribution in [1.29, 1.82) is 0 Å². The molecule has 2 heterocycles. The van der Waals surface area contributed by atoms with Crippen LogP contribution in [-0.4, -0.2) is 43.6 Å². The molecule has 10 heteroatoms. The number of aliphatic carboxylic acids is 1. The number of carboxylic acid groups (broad SMARTS) is 1. The van der Waals surface area contributed by atoms with Crippen LogP contribution in [0, 0.1) is 13.8 Å². The maximum absolute atomic E-state index is 12.4. The number of aromatic nitrogens is 1. The number of thiazole rings is 1. The van der Waals surface area contributed by atoms with Crippen LogP contribution >= 0.6 is 35.3 Å². The fourth-order valence-corrected chi connectivity index (χ4v) is 4.81. The second-order valence-corrected chi connectivity index (χ2v) is 8.80. The van der Waals surface area contributed by atoms with Crippen LogP contribution in [0.3, 0.4) is 0 Å². The van der Waals surface area contributed by atoms with Crippen LogP contribution in [0.15, 0.2) is 28.5 Å². The highest BCUT2D eigenvalue weighted by molar-refractivity contribution is 8.26. The maximum Gasteiger partial charge on any atom is 0.323 e. The van der Waals surface area contributed by atoms with E-state index >= 15 is 0 Å². The summed E-state index contributed by atoms with van der Waals surface area (Å²) in [5.74, 6) is -1.77. The summed E-state index contributed by atoms with van der Waals surface area (Å²) in [6.07, 6.45) is 1.56. The number of hydrogen-bond donors (Lipinski definition) is 1. The molecule has 1 aromatic carbocycles. The number of hydrogen-bond acceptors (Lipinski definition) is 7. The Labute approximate surface area is 181 Å². The summed E-state index contributed by atoms with van der Waals surface area (Å²) < 4.78 is 0.194. The number of anilines is 2. The number of nitrogens with zero attached hydrogens (tertiary/aromatic N) is 3. The summed E-state index contributed by atoms with van der Waals surface area (Å²) in [6.45, 7) is 4.92. The molecule has 2 amide bonds. The molecule has 1 saturated heterocycles. The number of thioether (sulfide) groups is 1. The predicted molar refractivity (Wildman–Crippen MR) is 118 cm³/mol. The molecule has 1 aliphatic rings. The number of aryl methyl sites for hydroxylation is 1. The van der Waals surface area contributed by atoms with E-state index < -0.39 is 18.4 Å². The molecule has 3 rings (SSSR count). The SMILES string of the molecule is CC(=O)N(c1nc(C=C2SC(=S)N(CC(=O)O)C2=O)cs1)c1cccc(C)c1C. The average Bonchev–Trinajstić information content (AvgIpc) is 3.19. The highest BCUT2D eigenvalue weighted by Gasteiger charge is 2.33. The van der Waals surface area contributed by atoms with Gasteiger partial charge < -0.3 is 5.11 Å². The first kappa shape index (κ1) is 21.2. The molecule has 1 fully saturated rings. The first-order valence-corrected chi connectivity index (χ1v) is 10.6. The smallest absolute Gasteiger partial charge is 0.323 e. The van der Waals surface area contributed by atoms with Crippen molar-refractivity contribution in [2.75, 3.05) is 11.4 Å². The van der Waals surface area contributed by atoms with Gasteiger partial charge in [-0.05, 0) is 37.1 Å². The number of carboxylic acids is 1. The minimum absolute atomic E-state index is 0.174. The molecule has 0 bridgehead atoms. The molecular formula is C19H17N3O4S3. The van der Waals surface area contributed by atoms with Crippen molar-refractivity contribution < 1.29 is 19.5 Å². The second-order valence-electron chi connectivity index (χ2n) is 6.29. The molecule has 1 N–H and O–H groups in total. The van der Waals surface area contributed by atoms with Gasteiger partial charge in [-0.1, -0.05) is 36.1 Å². The lowest BCUT2D eigenvalue weighted by molar-refractivity contribution is -0.140. The van der Waals surface area contributed by atoms with Crippen LogP contribution in [0.25, 0.3) is 6.08 Å². The summed E-state index contributed by atoms with van der Waals surface area (Å²) in [5.41, 5.74) is 3.30. The molecular weight excluding hydrogens is 430 g/mol. The van der Waals surface area contributed by atoms with E-state index in [1.54, 1.807) is 16.4 Å². The minimum atomic E-state index is -1.14. The monoisotopic (exact) mass is 447 g/mol. The molecule has 0 unspecified atom stereocenters. The van der Waals surface area contributed by atoms with Crippen LogP contribution in [0.4, 0.5) is 10.8 Å². The minimum Gasteiger partial charge on any atom is -0.480 e. The van der Waals surface area contributed by atoms with Crippen molar-refractivity contribution in [3.63, 3.8) is 0 Å². The Balaban J connectivity index is 1.92. The van der Waals surface area contributed by atoms with E-state index in [1.165, 1.54) is 18.3 Å². The van der Waals surface area contributed by atoms with Crippen molar-refractivity contribution in [3.05, 3.63) is 45.3 Å². The van der Waals surface area contributed by atoms with E-state index in [0.29, 0.717) is 15.7 Å². The van der Waals surface area contributed by atoms with Gasteiger partial charge in [0.15, 0.2) is 5.13 Å². The Morgan fingerprint density at radius 3 is 2.72 bits per heavy atom. The summed E-state index contributed by atoms with van der Waals surface area (Å²) in [4.78, 5) is 43.0. The highest BCUT2D eigenvalue weighted by Crippen LogP contribution is 2.35. The molecule has 1 aromatic heterocycles. The molecule has 0 spiro atoms. The fraction of sp³-hybridized carbons (Fsp3) is 0.211. The zero-order valence-electron chi connectivity index (χ0n) is 15.8. The van der Waals surface area contributed by atoms with Crippen molar-refractivity contribution >= 4 is 74.3 Å². The van der Waals surface area contributed by atoms with Crippen LogP contribution in [0.1, 0.15) is 23.7 Å². The van der Waals surface area contributed by atoms with Gasteiger partial charge in [0, 0.05) is 12.3 Å². The molecule has 0 saturated carbocycles. The Morgan fingerprint density at radius 2 is 2.07 bits per heavy atom. The lowest BCUT2D eigenvalue weighted by Gasteiger charge is -2.21. The van der Waals surface area contributed by atoms with Crippen LogP contribution in [-0.2, 0) is 14.4 Å². The van der Waals surface area contributed by atoms with E-state index in [1.807, 2.05) is 32.0 Å². The standard InChI is InChI=1S/C19H17N3O4S3/c1-10-5-4-6-14(11(10)2)22(12(3)23)18-20-13(9-28-18)7-15-17(26)21(8-16(24)25)19(27)29-15/h4-7,9H,8H2,1-3H3,(H,24,25). The van der Waals surface area contributed by atoms with Crippen LogP contribution in [0.2, 0.25) is 0 Å². The topological polar surface area (TPSA) is 90.8 Å². The van der Waals surface area contributed by atoms with Crippen molar-refractivity contribution in [2.24, 2.45) is 0 Å². The summed E-state index contributed by atoms with van der Waals surface area (Å²) in [6, 6.07) is 5.72. The van der Waals surface area contributed by atoms with E-state index in [4.69, 9.17) is 17.3 Å². The Bertz CT molecular complexity index is 1060. The van der Waals surface area contributed by atoms with Crippen LogP contribution < -0.4 is 4.90 Å². The summed E-state index contributed by atoms with van der Waals surface area (Å²) in [5, 5.41) is 11.1. The van der Waals surface area contributed by atoms with Gasteiger partial charge >= 0.3 is 5.97 Å². The first-order valence-electron chi connectivity index (χ1n) is 8.48. The number of carbonyl (C=O) groups excluding carboxylic acids is 2. The third-order valence-electron chi connectivity index (χ3n) is 4.28. The molecule has 0 atom stereocenters. The van der Waals surface area contributed by atoms with Crippen molar-refractivity contribution in [2.45, 2.75) is 20.8 Å². The van der Waals surface area contributed by atoms with Gasteiger partial charge in [0.05, 0.1) is 16.3 Å². The third kappa shape index (κ3) is 4.39. The maximum atomic E-state index is 12.4. The molecule has 150 valence electrons. The highest BCUT2D eigenvalue weighted by atomic mass is 32.2. The lowest BCUT2D eigenvalue weighted by atomic mass is 10.1. The van der Waals surface area contributed by atoms with Gasteiger partial charge in [-0.3, -0.25) is 24.2 Å². The predicted octanol–water partition coefficient (Wildman–Crippen LogP) is 3.73. The molecule has 2 aromatic rings. The number of rotatable bonds is 5. The number of thiocarbonyl (C=S) groups is 1. The van der Waals surface area contributed by atoms with Gasteiger partial charge in [0.2, 0.25) is 5.91 Å². The van der Waals surface area contributed by atoms with Gasteiger partial charge in [0.25, 0.3) is 5.91 Å². The summed E-state index contributed by atoms with van der Waals surface area (Å²) in [7, 11) is 0. The number of carbonyl (C=O) groups is 3. The molecule has 1 aliphatic heterocycles. The Hall–Kier alpha value is -2.56. The molecule has 29 heavy (non-hydrogen) atoms. The fourth-order valence-electron chi connectivity index (χ4n) is 2.74. The van der Waals surface area contributed by atoms with E-state index in [9.17, 15) is 14.4 Å². The van der Waals surface area contributed by atoms with Crippen LogP contribution in [0.5, 0.6) is 0 Å². The first-order chi connectivity index (χ1) is 13.7. The third-order valence-corrected chi connectivity index (χ3v) is 6.50. The zero-order chi connectivity index (χ0) is 21.3. The molecule has 0 radical (unpaired) electrons. The Kier molecular flexibility index (Phi) is 6.15. The number of benzene rings is 1. The van der Waals surface area contributed by atoms with E-state index in [0.717, 1.165) is 33.5 Å². The normalized spacial score (nSPS) is 15.3. The molecule has 0 aliphatic carbocycles.